The topological polar surface area (TPSA) is 66.4 Å². The van der Waals surface area contributed by atoms with Gasteiger partial charge < -0.3 is 5.32 Å². The summed E-state index contributed by atoms with van der Waals surface area (Å²) >= 11 is 0. The Bertz CT molecular complexity index is 938. The number of aliphatic imine (C=N–C) groups is 1. The van der Waals surface area contributed by atoms with E-state index in [1.165, 1.54) is 5.56 Å². The molecule has 0 saturated carbocycles. The number of carbonyl (C=O) groups is 1. The summed E-state index contributed by atoms with van der Waals surface area (Å²) in [7, 11) is 0. The van der Waals surface area contributed by atoms with Gasteiger partial charge in [0.05, 0.1) is 6.54 Å². The van der Waals surface area contributed by atoms with Crippen molar-refractivity contribution in [3.05, 3.63) is 95.8 Å². The maximum Gasteiger partial charge on any atom is 0.257 e. The third-order valence-electron chi connectivity index (χ3n) is 4.79. The molecule has 1 heterocycles. The molecule has 3 aromatic rings. The average Bonchev–Trinajstić information content (AvgIpc) is 2.78. The van der Waals surface area contributed by atoms with Gasteiger partial charge in [0, 0.05) is 23.6 Å². The van der Waals surface area contributed by atoms with Crippen LogP contribution in [-0.4, -0.2) is 16.9 Å². The summed E-state index contributed by atoms with van der Waals surface area (Å²) in [6, 6.07) is 21.2. The van der Waals surface area contributed by atoms with Crippen LogP contribution in [0.4, 0.5) is 5.69 Å². The largest absolute Gasteiger partial charge is 0.326 e. The fourth-order valence-electron chi connectivity index (χ4n) is 2.81. The van der Waals surface area contributed by atoms with E-state index in [0.29, 0.717) is 24.0 Å². The number of rotatable bonds is 6. The Kier molecular flexibility index (Phi) is 7.11. The molecule has 0 aliphatic heterocycles. The van der Waals surface area contributed by atoms with Gasteiger partial charge in [-0.05, 0) is 59.9 Å². The van der Waals surface area contributed by atoms with Crippen LogP contribution in [0.2, 0.25) is 0 Å². The smallest absolute Gasteiger partial charge is 0.257 e. The summed E-state index contributed by atoms with van der Waals surface area (Å²) < 4.78 is 0. The molecule has 148 valence electrons. The Morgan fingerprint density at radius 3 is 2.34 bits per heavy atom. The minimum atomic E-state index is -0.206. The Labute approximate surface area is 171 Å². The number of hydrogen-bond donors (Lipinski definition) is 2. The number of anilines is 1. The van der Waals surface area contributed by atoms with Crippen molar-refractivity contribution in [3.8, 4) is 0 Å². The van der Waals surface area contributed by atoms with Gasteiger partial charge in [-0.15, -0.1) is 0 Å². The molecular formula is C24H26N4O. The maximum atomic E-state index is 12.6. The lowest BCUT2D eigenvalue weighted by molar-refractivity contribution is 0.0977. The second-order valence-electron chi connectivity index (χ2n) is 6.90. The van der Waals surface area contributed by atoms with Crippen LogP contribution in [0.5, 0.6) is 0 Å². The van der Waals surface area contributed by atoms with Crippen LogP contribution in [0.3, 0.4) is 0 Å². The van der Waals surface area contributed by atoms with Crippen LogP contribution >= 0.6 is 0 Å². The fraction of sp³-hybridized carbons (Fsp3) is 0.208. The van der Waals surface area contributed by atoms with Crippen LogP contribution in [0.1, 0.15) is 47.7 Å². The first-order chi connectivity index (χ1) is 14.2. The number of hydrogen-bond acceptors (Lipinski definition) is 3. The van der Waals surface area contributed by atoms with Gasteiger partial charge in [-0.1, -0.05) is 44.2 Å². The van der Waals surface area contributed by atoms with E-state index in [-0.39, 0.29) is 5.91 Å². The third kappa shape index (κ3) is 6.01. The van der Waals surface area contributed by atoms with Gasteiger partial charge in [0.1, 0.15) is 0 Å². The predicted octanol–water partition coefficient (Wildman–Crippen LogP) is 4.99. The highest BCUT2D eigenvalue weighted by molar-refractivity contribution is 6.09. The zero-order valence-electron chi connectivity index (χ0n) is 16.8. The van der Waals surface area contributed by atoms with E-state index in [0.717, 1.165) is 17.7 Å². The number of aromatic nitrogens is 1. The lowest BCUT2D eigenvalue weighted by atomic mass is 9.99. The Hall–Kier alpha value is -3.47. The lowest BCUT2D eigenvalue weighted by Gasteiger charge is -2.14. The molecule has 0 fully saturated rings. The molecule has 0 spiro atoms. The van der Waals surface area contributed by atoms with E-state index in [1.807, 2.05) is 42.5 Å². The van der Waals surface area contributed by atoms with E-state index in [4.69, 9.17) is 0 Å². The van der Waals surface area contributed by atoms with Crippen LogP contribution in [0, 0.1) is 0 Å². The highest BCUT2D eigenvalue weighted by Crippen LogP contribution is 2.20. The Balaban J connectivity index is 1.77. The molecule has 3 rings (SSSR count). The number of amides is 1. The van der Waals surface area contributed by atoms with Crippen LogP contribution < -0.4 is 10.6 Å². The molecule has 0 bridgehead atoms. The second kappa shape index (κ2) is 10.2. The first kappa shape index (κ1) is 20.3. The SMILES string of the molecule is CC[C@H](C)c1ccc(NC(=NCc2ccncc2)NC(=O)c2ccccc2)cc1. The zero-order chi connectivity index (χ0) is 20.5. The van der Waals surface area contributed by atoms with Gasteiger partial charge in [0.15, 0.2) is 0 Å². The van der Waals surface area contributed by atoms with Gasteiger partial charge >= 0.3 is 0 Å². The van der Waals surface area contributed by atoms with Crippen LogP contribution in [0.25, 0.3) is 0 Å². The molecule has 5 nitrogen and oxygen atoms in total. The molecule has 1 atom stereocenters. The standard InChI is InChI=1S/C24H26N4O/c1-3-18(2)20-9-11-22(12-10-20)27-24(26-17-19-13-15-25-16-14-19)28-23(29)21-7-5-4-6-8-21/h4-16,18H,3,17H2,1-2H3,(H2,26,27,28,29)/t18-/m0/s1. The number of guanidine groups is 1. The summed E-state index contributed by atoms with van der Waals surface area (Å²) in [5.74, 6) is 0.719. The molecule has 0 aliphatic rings. The number of carbonyl (C=O) groups excluding carboxylic acids is 1. The molecule has 0 unspecified atom stereocenters. The van der Waals surface area contributed by atoms with Crippen LogP contribution in [0.15, 0.2) is 84.1 Å². The molecule has 0 radical (unpaired) electrons. The van der Waals surface area contributed by atoms with Gasteiger partial charge in [-0.2, -0.15) is 0 Å². The highest BCUT2D eigenvalue weighted by atomic mass is 16.1. The van der Waals surface area contributed by atoms with Crippen molar-refractivity contribution in [1.82, 2.24) is 10.3 Å². The Morgan fingerprint density at radius 1 is 1.00 bits per heavy atom. The molecule has 5 heteroatoms. The minimum Gasteiger partial charge on any atom is -0.326 e. The average molecular weight is 386 g/mol. The molecule has 0 saturated heterocycles. The molecule has 0 aliphatic carbocycles. The summed E-state index contributed by atoms with van der Waals surface area (Å²) in [6.45, 7) is 4.83. The van der Waals surface area contributed by atoms with E-state index < -0.39 is 0 Å². The van der Waals surface area contributed by atoms with Crippen molar-refractivity contribution in [3.63, 3.8) is 0 Å². The normalized spacial score (nSPS) is 12.3. The number of benzene rings is 2. The highest BCUT2D eigenvalue weighted by Gasteiger charge is 2.10. The van der Waals surface area contributed by atoms with Crippen molar-refractivity contribution < 1.29 is 4.79 Å². The summed E-state index contributed by atoms with van der Waals surface area (Å²) in [5.41, 5.74) is 3.76. The lowest BCUT2D eigenvalue weighted by Crippen LogP contribution is -2.36. The summed E-state index contributed by atoms with van der Waals surface area (Å²) in [4.78, 5) is 21.2. The number of pyridine rings is 1. The summed E-state index contributed by atoms with van der Waals surface area (Å²) in [6.07, 6.45) is 4.56. The molecular weight excluding hydrogens is 360 g/mol. The molecule has 29 heavy (non-hydrogen) atoms. The molecule has 2 aromatic carbocycles. The number of nitrogens with one attached hydrogen (secondary N) is 2. The zero-order valence-corrected chi connectivity index (χ0v) is 16.8. The van der Waals surface area contributed by atoms with Gasteiger partial charge in [0.25, 0.3) is 5.91 Å². The van der Waals surface area contributed by atoms with Gasteiger partial charge in [0.2, 0.25) is 5.96 Å². The molecule has 1 aromatic heterocycles. The predicted molar refractivity (Wildman–Crippen MR) is 118 cm³/mol. The Morgan fingerprint density at radius 2 is 1.69 bits per heavy atom. The van der Waals surface area contributed by atoms with Crippen molar-refractivity contribution in [1.29, 1.82) is 0 Å². The van der Waals surface area contributed by atoms with Crippen LogP contribution in [-0.2, 0) is 6.54 Å². The van der Waals surface area contributed by atoms with Crippen molar-refractivity contribution in [2.24, 2.45) is 4.99 Å². The maximum absolute atomic E-state index is 12.6. The molecule has 2 N–H and O–H groups in total. The fourth-order valence-corrected chi connectivity index (χ4v) is 2.81. The van der Waals surface area contributed by atoms with Crippen molar-refractivity contribution in [2.75, 3.05) is 5.32 Å². The third-order valence-corrected chi connectivity index (χ3v) is 4.79. The molecule has 1 amide bonds. The number of nitrogens with zero attached hydrogens (tertiary/aromatic N) is 2. The van der Waals surface area contributed by atoms with E-state index in [2.05, 4.69) is 46.6 Å². The van der Waals surface area contributed by atoms with E-state index in [9.17, 15) is 4.79 Å². The second-order valence-corrected chi connectivity index (χ2v) is 6.90. The first-order valence-electron chi connectivity index (χ1n) is 9.82. The van der Waals surface area contributed by atoms with Gasteiger partial charge in [-0.25, -0.2) is 4.99 Å². The monoisotopic (exact) mass is 386 g/mol. The van der Waals surface area contributed by atoms with Gasteiger partial charge in [-0.3, -0.25) is 15.1 Å². The first-order valence-corrected chi connectivity index (χ1v) is 9.82. The van der Waals surface area contributed by atoms with E-state index >= 15 is 0 Å². The van der Waals surface area contributed by atoms with E-state index in [1.54, 1.807) is 24.5 Å². The van der Waals surface area contributed by atoms with Crippen molar-refractivity contribution >= 4 is 17.6 Å². The minimum absolute atomic E-state index is 0.206. The van der Waals surface area contributed by atoms with Crippen molar-refractivity contribution in [2.45, 2.75) is 32.7 Å². The quantitative estimate of drug-likeness (QED) is 0.463. The summed E-state index contributed by atoms with van der Waals surface area (Å²) in [5, 5.41) is 6.12.